The van der Waals surface area contributed by atoms with Gasteiger partial charge in [-0.3, -0.25) is 4.79 Å². The Balaban J connectivity index is 1.49. The lowest BCUT2D eigenvalue weighted by molar-refractivity contribution is -0.122. The summed E-state index contributed by atoms with van der Waals surface area (Å²) in [6.07, 6.45) is 2.42. The number of benzene rings is 1. The Hall–Kier alpha value is -2.50. The van der Waals surface area contributed by atoms with Gasteiger partial charge in [-0.15, -0.1) is 0 Å². The molecule has 1 aliphatic rings. The number of rotatable bonds is 4. The molecule has 0 atom stereocenters. The van der Waals surface area contributed by atoms with Gasteiger partial charge < -0.3 is 20.5 Å². The fraction of sp³-hybridized carbons (Fsp3) is 0.333. The van der Waals surface area contributed by atoms with Crippen LogP contribution in [0.2, 0.25) is 0 Å². The van der Waals surface area contributed by atoms with Crippen LogP contribution < -0.4 is 11.1 Å². The van der Waals surface area contributed by atoms with Crippen LogP contribution in [0.1, 0.15) is 6.42 Å². The third-order valence-electron chi connectivity index (χ3n) is 3.82. The first-order chi connectivity index (χ1) is 10.1. The van der Waals surface area contributed by atoms with Gasteiger partial charge in [0.25, 0.3) is 0 Å². The van der Waals surface area contributed by atoms with Crippen LogP contribution in [0.25, 0.3) is 10.9 Å². The Bertz CT molecular complexity index is 673. The number of carbonyl (C=O) groups is 2. The van der Waals surface area contributed by atoms with Crippen LogP contribution in [-0.2, 0) is 11.3 Å². The summed E-state index contributed by atoms with van der Waals surface area (Å²) in [5, 5.41) is 4.09. The van der Waals surface area contributed by atoms with Crippen molar-refractivity contribution in [2.45, 2.75) is 19.0 Å². The van der Waals surface area contributed by atoms with Crippen LogP contribution in [-0.4, -0.2) is 40.5 Å². The van der Waals surface area contributed by atoms with Crippen LogP contribution >= 0.6 is 0 Å². The van der Waals surface area contributed by atoms with E-state index in [0.717, 1.165) is 5.52 Å². The zero-order chi connectivity index (χ0) is 14.8. The SMILES string of the molecule is NC(=O)N1CC(NC(=O)CCn2ccc3ccccc32)C1. The lowest BCUT2D eigenvalue weighted by Gasteiger charge is -2.38. The van der Waals surface area contributed by atoms with E-state index >= 15 is 0 Å². The van der Waals surface area contributed by atoms with Gasteiger partial charge in [0.05, 0.1) is 6.04 Å². The van der Waals surface area contributed by atoms with Gasteiger partial charge in [0, 0.05) is 37.8 Å². The fourth-order valence-corrected chi connectivity index (χ4v) is 2.61. The predicted molar refractivity (Wildman–Crippen MR) is 79.6 cm³/mol. The quantitative estimate of drug-likeness (QED) is 0.876. The maximum atomic E-state index is 11.9. The van der Waals surface area contributed by atoms with Crippen molar-refractivity contribution in [1.82, 2.24) is 14.8 Å². The average Bonchev–Trinajstić information content (AvgIpc) is 2.83. The summed E-state index contributed by atoms with van der Waals surface area (Å²) < 4.78 is 2.07. The Morgan fingerprint density at radius 1 is 1.24 bits per heavy atom. The molecule has 0 aliphatic carbocycles. The standard InChI is InChI=1S/C15H18N4O2/c16-15(21)19-9-12(10-19)17-14(20)6-8-18-7-5-11-3-1-2-4-13(11)18/h1-5,7,12H,6,8-10H2,(H2,16,21)(H,17,20). The molecule has 0 spiro atoms. The molecule has 3 amide bonds. The molecule has 6 heteroatoms. The number of aromatic nitrogens is 1. The third kappa shape index (κ3) is 2.84. The summed E-state index contributed by atoms with van der Waals surface area (Å²) in [4.78, 5) is 24.2. The van der Waals surface area contributed by atoms with E-state index in [1.807, 2.05) is 30.5 Å². The van der Waals surface area contributed by atoms with Crippen molar-refractivity contribution in [3.8, 4) is 0 Å². The highest BCUT2D eigenvalue weighted by atomic mass is 16.2. The molecule has 2 heterocycles. The van der Waals surface area contributed by atoms with Gasteiger partial charge in [-0.05, 0) is 17.5 Å². The van der Waals surface area contributed by atoms with E-state index < -0.39 is 6.03 Å². The Kier molecular flexibility index (Phi) is 3.51. The zero-order valence-corrected chi connectivity index (χ0v) is 11.7. The first kappa shape index (κ1) is 13.5. The number of hydrogen-bond donors (Lipinski definition) is 2. The van der Waals surface area contributed by atoms with Gasteiger partial charge in [0.1, 0.15) is 0 Å². The number of hydrogen-bond acceptors (Lipinski definition) is 2. The first-order valence-electron chi connectivity index (χ1n) is 7.01. The van der Waals surface area contributed by atoms with Crippen molar-refractivity contribution < 1.29 is 9.59 Å². The monoisotopic (exact) mass is 286 g/mol. The number of primary amides is 1. The molecule has 1 fully saturated rings. The van der Waals surface area contributed by atoms with Gasteiger partial charge in [-0.2, -0.15) is 0 Å². The molecule has 6 nitrogen and oxygen atoms in total. The second-order valence-electron chi connectivity index (χ2n) is 5.33. The lowest BCUT2D eigenvalue weighted by Crippen LogP contribution is -2.62. The van der Waals surface area contributed by atoms with Crippen LogP contribution in [0.5, 0.6) is 0 Å². The maximum Gasteiger partial charge on any atom is 0.314 e. The molecule has 2 aromatic rings. The van der Waals surface area contributed by atoms with Crippen LogP contribution in [0, 0.1) is 0 Å². The van der Waals surface area contributed by atoms with Crippen molar-refractivity contribution in [2.75, 3.05) is 13.1 Å². The molecule has 1 saturated heterocycles. The Labute approximate surface area is 122 Å². The minimum Gasteiger partial charge on any atom is -0.351 e. The first-order valence-corrected chi connectivity index (χ1v) is 7.01. The van der Waals surface area contributed by atoms with E-state index in [0.29, 0.717) is 26.1 Å². The molecule has 1 aromatic heterocycles. The number of carbonyl (C=O) groups excluding carboxylic acids is 2. The van der Waals surface area contributed by atoms with Crippen molar-refractivity contribution in [3.63, 3.8) is 0 Å². The predicted octanol–water partition coefficient (Wildman–Crippen LogP) is 0.911. The second-order valence-corrected chi connectivity index (χ2v) is 5.33. The summed E-state index contributed by atoms with van der Waals surface area (Å²) >= 11 is 0. The van der Waals surface area contributed by atoms with Crippen molar-refractivity contribution in [1.29, 1.82) is 0 Å². The number of likely N-dealkylation sites (tertiary alicyclic amines) is 1. The highest BCUT2D eigenvalue weighted by molar-refractivity contribution is 5.81. The molecule has 3 rings (SSSR count). The molecule has 0 unspecified atom stereocenters. The highest BCUT2D eigenvalue weighted by Gasteiger charge is 2.29. The van der Waals surface area contributed by atoms with Gasteiger partial charge in [-0.1, -0.05) is 18.2 Å². The number of amides is 3. The number of nitrogens with one attached hydrogen (secondary N) is 1. The van der Waals surface area contributed by atoms with Crippen LogP contribution in [0.15, 0.2) is 36.5 Å². The molecule has 110 valence electrons. The molecule has 0 radical (unpaired) electrons. The minimum atomic E-state index is -0.431. The number of aryl methyl sites for hydroxylation is 1. The van der Waals surface area contributed by atoms with Crippen LogP contribution in [0.3, 0.4) is 0 Å². The lowest BCUT2D eigenvalue weighted by atomic mass is 10.1. The van der Waals surface area contributed by atoms with Gasteiger partial charge in [-0.25, -0.2) is 4.79 Å². The summed E-state index contributed by atoms with van der Waals surface area (Å²) in [5.74, 6) is 0.00176. The van der Waals surface area contributed by atoms with E-state index in [1.165, 1.54) is 10.3 Å². The fourth-order valence-electron chi connectivity index (χ4n) is 2.61. The largest absolute Gasteiger partial charge is 0.351 e. The smallest absolute Gasteiger partial charge is 0.314 e. The number of para-hydroxylation sites is 1. The van der Waals surface area contributed by atoms with E-state index in [1.54, 1.807) is 0 Å². The Morgan fingerprint density at radius 3 is 2.76 bits per heavy atom. The van der Waals surface area contributed by atoms with E-state index in [9.17, 15) is 9.59 Å². The third-order valence-corrected chi connectivity index (χ3v) is 3.82. The summed E-state index contributed by atoms with van der Waals surface area (Å²) in [6.45, 7) is 1.66. The van der Waals surface area contributed by atoms with Gasteiger partial charge >= 0.3 is 6.03 Å². The number of nitrogens with two attached hydrogens (primary N) is 1. The topological polar surface area (TPSA) is 80.4 Å². The molecular formula is C15H18N4O2. The van der Waals surface area contributed by atoms with Crippen molar-refractivity contribution >= 4 is 22.8 Å². The summed E-state index contributed by atoms with van der Waals surface area (Å²) in [5.41, 5.74) is 6.27. The van der Waals surface area contributed by atoms with E-state index in [-0.39, 0.29) is 11.9 Å². The minimum absolute atomic E-state index is 0.00176. The number of nitrogens with zero attached hydrogens (tertiary/aromatic N) is 2. The van der Waals surface area contributed by atoms with Gasteiger partial charge in [0.2, 0.25) is 5.91 Å². The van der Waals surface area contributed by atoms with Crippen molar-refractivity contribution in [3.05, 3.63) is 36.5 Å². The van der Waals surface area contributed by atoms with Crippen molar-refractivity contribution in [2.24, 2.45) is 5.73 Å². The highest BCUT2D eigenvalue weighted by Crippen LogP contribution is 2.15. The maximum absolute atomic E-state index is 11.9. The molecule has 0 saturated carbocycles. The van der Waals surface area contributed by atoms with Crippen LogP contribution in [0.4, 0.5) is 4.79 Å². The Morgan fingerprint density at radius 2 is 2.00 bits per heavy atom. The number of urea groups is 1. The summed E-state index contributed by atoms with van der Waals surface area (Å²) in [6, 6.07) is 9.74. The molecule has 1 aromatic carbocycles. The summed E-state index contributed by atoms with van der Waals surface area (Å²) in [7, 11) is 0. The molecule has 1 aliphatic heterocycles. The average molecular weight is 286 g/mol. The zero-order valence-electron chi connectivity index (χ0n) is 11.7. The number of fused-ring (bicyclic) bond motifs is 1. The molecule has 21 heavy (non-hydrogen) atoms. The normalized spacial score (nSPS) is 15.0. The van der Waals surface area contributed by atoms with Gasteiger partial charge in [0.15, 0.2) is 0 Å². The molecule has 3 N–H and O–H groups in total. The second kappa shape index (κ2) is 5.47. The van der Waals surface area contributed by atoms with E-state index in [4.69, 9.17) is 5.73 Å². The molecule has 0 bridgehead atoms. The van der Waals surface area contributed by atoms with E-state index in [2.05, 4.69) is 16.0 Å². The molecular weight excluding hydrogens is 268 g/mol.